The summed E-state index contributed by atoms with van der Waals surface area (Å²) in [7, 11) is 3.26. The topological polar surface area (TPSA) is 47.6 Å². The second-order valence-corrected chi connectivity index (χ2v) is 4.03. The van der Waals surface area contributed by atoms with Crippen molar-refractivity contribution < 1.29 is 14.3 Å². The molecule has 0 aliphatic heterocycles. The number of carbonyl (C=O) groups excluding carboxylic acids is 1. The largest absolute Gasteiger partial charge is 0.497 e. The molecule has 4 nitrogen and oxygen atoms in total. The smallest absolute Gasteiger partial charge is 0.219 e. The lowest BCUT2D eigenvalue weighted by Crippen LogP contribution is -2.25. The van der Waals surface area contributed by atoms with E-state index >= 15 is 0 Å². The van der Waals surface area contributed by atoms with E-state index < -0.39 is 0 Å². The molecule has 0 saturated carbocycles. The highest BCUT2D eigenvalue weighted by molar-refractivity contribution is 5.75. The van der Waals surface area contributed by atoms with Crippen LogP contribution in [0.3, 0.4) is 0 Å². The Balaban J connectivity index is 2.53. The maximum Gasteiger partial charge on any atom is 0.219 e. The molecule has 0 aromatic heterocycles. The van der Waals surface area contributed by atoms with Gasteiger partial charge in [0.05, 0.1) is 14.2 Å². The van der Waals surface area contributed by atoms with Gasteiger partial charge in [-0.2, -0.15) is 0 Å². The van der Waals surface area contributed by atoms with Gasteiger partial charge in [-0.25, -0.2) is 0 Å². The summed E-state index contributed by atoms with van der Waals surface area (Å²) in [6, 6.07) is 5.71. The number of benzene rings is 1. The van der Waals surface area contributed by atoms with E-state index in [0.29, 0.717) is 13.0 Å². The number of hydrogen-bond acceptors (Lipinski definition) is 3. The second kappa shape index (κ2) is 7.58. The van der Waals surface area contributed by atoms with Gasteiger partial charge in [0.25, 0.3) is 0 Å². The molecule has 4 heteroatoms. The van der Waals surface area contributed by atoms with Gasteiger partial charge >= 0.3 is 0 Å². The second-order valence-electron chi connectivity index (χ2n) is 4.03. The third-order valence-electron chi connectivity index (χ3n) is 2.69. The number of nitrogens with one attached hydrogen (secondary N) is 1. The molecule has 18 heavy (non-hydrogen) atoms. The highest BCUT2D eigenvalue weighted by Crippen LogP contribution is 2.24. The molecule has 0 aliphatic rings. The molecule has 1 rings (SSSR count). The Bertz CT molecular complexity index is 391. The van der Waals surface area contributed by atoms with E-state index in [2.05, 4.69) is 5.32 Å². The monoisotopic (exact) mass is 251 g/mol. The summed E-state index contributed by atoms with van der Waals surface area (Å²) in [6.07, 6.45) is 2.21. The predicted octanol–water partition coefficient (Wildman–Crippen LogP) is 2.16. The highest BCUT2D eigenvalue weighted by Gasteiger charge is 2.05. The zero-order chi connectivity index (χ0) is 13.4. The van der Waals surface area contributed by atoms with Crippen LogP contribution in [-0.4, -0.2) is 26.7 Å². The van der Waals surface area contributed by atoms with Crippen LogP contribution in [0.2, 0.25) is 0 Å². The van der Waals surface area contributed by atoms with Crippen molar-refractivity contribution in [3.63, 3.8) is 0 Å². The summed E-state index contributed by atoms with van der Waals surface area (Å²) in [6.45, 7) is 2.62. The quantitative estimate of drug-likeness (QED) is 0.808. The lowest BCUT2D eigenvalue weighted by molar-refractivity contribution is -0.121. The predicted molar refractivity (Wildman–Crippen MR) is 71.2 cm³/mol. The first-order valence-electron chi connectivity index (χ1n) is 6.18. The van der Waals surface area contributed by atoms with E-state index in [1.165, 1.54) is 0 Å². The summed E-state index contributed by atoms with van der Waals surface area (Å²) in [4.78, 5) is 11.3. The van der Waals surface area contributed by atoms with E-state index in [9.17, 15) is 4.79 Å². The molecule has 100 valence electrons. The molecule has 0 radical (unpaired) electrons. The van der Waals surface area contributed by atoms with E-state index in [4.69, 9.17) is 9.47 Å². The third kappa shape index (κ3) is 4.28. The van der Waals surface area contributed by atoms with E-state index in [0.717, 1.165) is 29.9 Å². The zero-order valence-electron chi connectivity index (χ0n) is 11.3. The maximum atomic E-state index is 11.3. The van der Waals surface area contributed by atoms with Crippen molar-refractivity contribution in [1.82, 2.24) is 5.32 Å². The van der Waals surface area contributed by atoms with Gasteiger partial charge in [0.1, 0.15) is 11.5 Å². The lowest BCUT2D eigenvalue weighted by Gasteiger charge is -2.10. The lowest BCUT2D eigenvalue weighted by atomic mass is 10.1. The van der Waals surface area contributed by atoms with Crippen molar-refractivity contribution in [1.29, 1.82) is 0 Å². The molecule has 0 bridgehead atoms. The SMILES string of the molecule is CCCC(=O)NCCc1ccc(OC)cc1OC. The Morgan fingerprint density at radius 3 is 2.67 bits per heavy atom. The van der Waals surface area contributed by atoms with Gasteiger partial charge < -0.3 is 14.8 Å². The van der Waals surface area contributed by atoms with Crippen LogP contribution in [0.15, 0.2) is 18.2 Å². The normalized spacial score (nSPS) is 9.94. The van der Waals surface area contributed by atoms with E-state index in [1.807, 2.05) is 25.1 Å². The molecule has 0 fully saturated rings. The van der Waals surface area contributed by atoms with Gasteiger partial charge in [-0.15, -0.1) is 0 Å². The van der Waals surface area contributed by atoms with Gasteiger partial charge in [-0.1, -0.05) is 13.0 Å². The van der Waals surface area contributed by atoms with Crippen LogP contribution < -0.4 is 14.8 Å². The molecule has 1 N–H and O–H groups in total. The average Bonchev–Trinajstić information content (AvgIpc) is 2.39. The van der Waals surface area contributed by atoms with Crippen molar-refractivity contribution in [3.8, 4) is 11.5 Å². The first-order valence-corrected chi connectivity index (χ1v) is 6.18. The van der Waals surface area contributed by atoms with Crippen molar-refractivity contribution >= 4 is 5.91 Å². The molecule has 1 amide bonds. The summed E-state index contributed by atoms with van der Waals surface area (Å²) < 4.78 is 10.4. The molecule has 0 saturated heterocycles. The molecule has 0 aliphatic carbocycles. The summed E-state index contributed by atoms with van der Waals surface area (Å²) >= 11 is 0. The van der Waals surface area contributed by atoms with Crippen LogP contribution in [0.1, 0.15) is 25.3 Å². The molecule has 0 spiro atoms. The number of ether oxygens (including phenoxy) is 2. The van der Waals surface area contributed by atoms with Gasteiger partial charge in [0.15, 0.2) is 0 Å². The number of rotatable bonds is 7. The Kier molecular flexibility index (Phi) is 6.05. The van der Waals surface area contributed by atoms with Crippen molar-refractivity contribution in [3.05, 3.63) is 23.8 Å². The Labute approximate surface area is 108 Å². The van der Waals surface area contributed by atoms with Crippen LogP contribution in [0.5, 0.6) is 11.5 Å². The highest BCUT2D eigenvalue weighted by atomic mass is 16.5. The van der Waals surface area contributed by atoms with Crippen molar-refractivity contribution in [2.45, 2.75) is 26.2 Å². The zero-order valence-corrected chi connectivity index (χ0v) is 11.3. The van der Waals surface area contributed by atoms with Crippen LogP contribution in [0.4, 0.5) is 0 Å². The Morgan fingerprint density at radius 1 is 1.28 bits per heavy atom. The molecule has 1 aromatic carbocycles. The molecule has 0 unspecified atom stereocenters. The minimum atomic E-state index is 0.102. The fourth-order valence-electron chi connectivity index (χ4n) is 1.71. The fraction of sp³-hybridized carbons (Fsp3) is 0.500. The first-order chi connectivity index (χ1) is 8.71. The number of amides is 1. The minimum Gasteiger partial charge on any atom is -0.497 e. The molecular formula is C14H21NO3. The summed E-state index contributed by atoms with van der Waals surface area (Å²) in [5.41, 5.74) is 1.06. The van der Waals surface area contributed by atoms with Crippen molar-refractivity contribution in [2.24, 2.45) is 0 Å². The fourth-order valence-corrected chi connectivity index (χ4v) is 1.71. The van der Waals surface area contributed by atoms with E-state index in [-0.39, 0.29) is 5.91 Å². The van der Waals surface area contributed by atoms with Gasteiger partial charge in [-0.3, -0.25) is 4.79 Å². The molecule has 0 atom stereocenters. The first kappa shape index (κ1) is 14.4. The Hall–Kier alpha value is -1.71. The van der Waals surface area contributed by atoms with E-state index in [1.54, 1.807) is 14.2 Å². The standard InChI is InChI=1S/C14H21NO3/c1-4-5-14(16)15-9-8-11-6-7-12(17-2)10-13(11)18-3/h6-7,10H,4-5,8-9H2,1-3H3,(H,15,16). The minimum absolute atomic E-state index is 0.102. The van der Waals surface area contributed by atoms with Gasteiger partial charge in [0, 0.05) is 19.0 Å². The maximum absolute atomic E-state index is 11.3. The van der Waals surface area contributed by atoms with Crippen LogP contribution in [0.25, 0.3) is 0 Å². The number of carbonyl (C=O) groups is 1. The molecular weight excluding hydrogens is 230 g/mol. The number of hydrogen-bond donors (Lipinski definition) is 1. The van der Waals surface area contributed by atoms with Crippen LogP contribution >= 0.6 is 0 Å². The van der Waals surface area contributed by atoms with Gasteiger partial charge in [0.2, 0.25) is 5.91 Å². The Morgan fingerprint density at radius 2 is 2.06 bits per heavy atom. The molecule has 0 heterocycles. The summed E-state index contributed by atoms with van der Waals surface area (Å²) in [5.74, 6) is 1.66. The number of methoxy groups -OCH3 is 2. The average molecular weight is 251 g/mol. The third-order valence-corrected chi connectivity index (χ3v) is 2.69. The van der Waals surface area contributed by atoms with Crippen LogP contribution in [0, 0.1) is 0 Å². The summed E-state index contributed by atoms with van der Waals surface area (Å²) in [5, 5.41) is 2.89. The van der Waals surface area contributed by atoms with Crippen LogP contribution in [-0.2, 0) is 11.2 Å². The van der Waals surface area contributed by atoms with Gasteiger partial charge in [-0.05, 0) is 24.5 Å². The molecule has 1 aromatic rings. The van der Waals surface area contributed by atoms with Crippen molar-refractivity contribution in [2.75, 3.05) is 20.8 Å².